The number of hydrogen-bond donors (Lipinski definition) is 1. The lowest BCUT2D eigenvalue weighted by atomic mass is 10.2. The predicted octanol–water partition coefficient (Wildman–Crippen LogP) is 1.18. The number of aromatic nitrogens is 2. The zero-order valence-electron chi connectivity index (χ0n) is 12.0. The number of nitrogens with two attached hydrogens (primary N) is 1. The Bertz CT molecular complexity index is 640. The van der Waals surface area contributed by atoms with Gasteiger partial charge in [0.25, 0.3) is 5.56 Å². The van der Waals surface area contributed by atoms with Gasteiger partial charge in [-0.1, -0.05) is 12.1 Å². The van der Waals surface area contributed by atoms with Crippen molar-refractivity contribution in [3.05, 3.63) is 52.3 Å². The van der Waals surface area contributed by atoms with Crippen molar-refractivity contribution in [3.63, 3.8) is 0 Å². The number of benzene rings is 1. The van der Waals surface area contributed by atoms with E-state index in [4.69, 9.17) is 15.2 Å². The van der Waals surface area contributed by atoms with Crippen molar-refractivity contribution in [1.82, 2.24) is 9.78 Å². The summed E-state index contributed by atoms with van der Waals surface area (Å²) in [7, 11) is 1.52. The van der Waals surface area contributed by atoms with Gasteiger partial charge in [0.05, 0.1) is 13.7 Å². The lowest BCUT2D eigenvalue weighted by molar-refractivity contribution is 0.293. The molecule has 0 amide bonds. The molecule has 0 unspecified atom stereocenters. The van der Waals surface area contributed by atoms with Gasteiger partial charge in [-0.05, 0) is 17.7 Å². The van der Waals surface area contributed by atoms with E-state index in [2.05, 4.69) is 5.10 Å². The summed E-state index contributed by atoms with van der Waals surface area (Å²) in [6.07, 6.45) is 0.674. The van der Waals surface area contributed by atoms with Crippen molar-refractivity contribution in [2.75, 3.05) is 13.7 Å². The Morgan fingerprint density at radius 3 is 2.90 bits per heavy atom. The van der Waals surface area contributed by atoms with Crippen LogP contribution in [0.2, 0.25) is 0 Å². The summed E-state index contributed by atoms with van der Waals surface area (Å²) in [5, 5.41) is 4.07. The van der Waals surface area contributed by atoms with Gasteiger partial charge in [-0.25, -0.2) is 4.68 Å². The van der Waals surface area contributed by atoms with Crippen LogP contribution in [0.4, 0.5) is 0 Å². The van der Waals surface area contributed by atoms with Gasteiger partial charge in [0.2, 0.25) is 5.88 Å². The summed E-state index contributed by atoms with van der Waals surface area (Å²) in [5.74, 6) is 1.20. The Kier molecular flexibility index (Phi) is 5.34. The third-order valence-electron chi connectivity index (χ3n) is 2.97. The Morgan fingerprint density at radius 1 is 1.29 bits per heavy atom. The van der Waals surface area contributed by atoms with Crippen LogP contribution in [-0.2, 0) is 13.1 Å². The third kappa shape index (κ3) is 4.32. The molecule has 0 saturated heterocycles. The van der Waals surface area contributed by atoms with Crippen molar-refractivity contribution in [1.29, 1.82) is 0 Å². The molecule has 0 bridgehead atoms. The van der Waals surface area contributed by atoms with Gasteiger partial charge in [-0.2, -0.15) is 0 Å². The monoisotopic (exact) mass is 289 g/mol. The molecule has 0 aliphatic heterocycles. The fourth-order valence-electron chi connectivity index (χ4n) is 1.87. The normalized spacial score (nSPS) is 10.4. The quantitative estimate of drug-likeness (QED) is 0.774. The van der Waals surface area contributed by atoms with Gasteiger partial charge in [0, 0.05) is 31.6 Å². The molecule has 2 rings (SSSR count). The second kappa shape index (κ2) is 7.44. The first kappa shape index (κ1) is 15.1. The molecule has 0 aliphatic carbocycles. The van der Waals surface area contributed by atoms with Crippen LogP contribution in [0.5, 0.6) is 11.6 Å². The van der Waals surface area contributed by atoms with E-state index >= 15 is 0 Å². The molecule has 0 saturated carbocycles. The number of ether oxygens (including phenoxy) is 2. The Balaban J connectivity index is 1.85. The molecule has 1 aromatic heterocycles. The van der Waals surface area contributed by atoms with E-state index in [0.717, 1.165) is 11.3 Å². The Hall–Kier alpha value is -2.34. The van der Waals surface area contributed by atoms with Crippen molar-refractivity contribution in [2.45, 2.75) is 19.5 Å². The fraction of sp³-hybridized carbons (Fsp3) is 0.333. The van der Waals surface area contributed by atoms with Crippen LogP contribution in [0.25, 0.3) is 0 Å². The molecule has 0 radical (unpaired) electrons. The standard InChI is InChI=1S/C15H19N3O3/c1-20-14-6-7-15(19)18(17-14)8-3-9-21-13-5-2-4-12(10-13)11-16/h2,4-7,10H,3,8-9,11,16H2,1H3. The van der Waals surface area contributed by atoms with E-state index in [1.807, 2.05) is 24.3 Å². The highest BCUT2D eigenvalue weighted by Gasteiger charge is 2.01. The first-order chi connectivity index (χ1) is 10.2. The minimum absolute atomic E-state index is 0.152. The van der Waals surface area contributed by atoms with Gasteiger partial charge < -0.3 is 15.2 Å². The highest BCUT2D eigenvalue weighted by molar-refractivity contribution is 5.28. The van der Waals surface area contributed by atoms with Crippen molar-refractivity contribution >= 4 is 0 Å². The molecule has 0 spiro atoms. The van der Waals surface area contributed by atoms with E-state index in [9.17, 15) is 4.79 Å². The van der Waals surface area contributed by atoms with Crippen molar-refractivity contribution in [3.8, 4) is 11.6 Å². The Morgan fingerprint density at radius 2 is 2.14 bits per heavy atom. The van der Waals surface area contributed by atoms with Crippen molar-refractivity contribution in [2.24, 2.45) is 5.73 Å². The fourth-order valence-corrected chi connectivity index (χ4v) is 1.87. The molecule has 112 valence electrons. The molecule has 1 heterocycles. The maximum Gasteiger partial charge on any atom is 0.266 e. The topological polar surface area (TPSA) is 79.4 Å². The highest BCUT2D eigenvalue weighted by Crippen LogP contribution is 2.13. The second-order valence-corrected chi connectivity index (χ2v) is 4.49. The summed E-state index contributed by atoms with van der Waals surface area (Å²) >= 11 is 0. The highest BCUT2D eigenvalue weighted by atomic mass is 16.5. The van der Waals surface area contributed by atoms with E-state index in [0.29, 0.717) is 32.0 Å². The zero-order valence-corrected chi connectivity index (χ0v) is 12.0. The van der Waals surface area contributed by atoms with Crippen LogP contribution >= 0.6 is 0 Å². The molecule has 21 heavy (non-hydrogen) atoms. The summed E-state index contributed by atoms with van der Waals surface area (Å²) < 4.78 is 12.0. The number of rotatable bonds is 7. The minimum Gasteiger partial charge on any atom is -0.494 e. The molecule has 1 aromatic carbocycles. The second-order valence-electron chi connectivity index (χ2n) is 4.49. The Labute approximate surface area is 123 Å². The summed E-state index contributed by atoms with van der Waals surface area (Å²) in [4.78, 5) is 11.6. The SMILES string of the molecule is COc1ccc(=O)n(CCCOc2cccc(CN)c2)n1. The van der Waals surface area contributed by atoms with Crippen LogP contribution < -0.4 is 20.8 Å². The molecule has 0 aliphatic rings. The van der Waals surface area contributed by atoms with Crippen LogP contribution in [-0.4, -0.2) is 23.5 Å². The molecule has 2 N–H and O–H groups in total. The van der Waals surface area contributed by atoms with E-state index in [1.54, 1.807) is 6.07 Å². The molecular formula is C15H19N3O3. The molecule has 0 atom stereocenters. The first-order valence-corrected chi connectivity index (χ1v) is 6.77. The average Bonchev–Trinajstić information content (AvgIpc) is 2.53. The molecule has 6 nitrogen and oxygen atoms in total. The number of methoxy groups -OCH3 is 1. The first-order valence-electron chi connectivity index (χ1n) is 6.77. The van der Waals surface area contributed by atoms with E-state index in [1.165, 1.54) is 17.9 Å². The number of hydrogen-bond acceptors (Lipinski definition) is 5. The number of nitrogens with zero attached hydrogens (tertiary/aromatic N) is 2. The third-order valence-corrected chi connectivity index (χ3v) is 2.97. The van der Waals surface area contributed by atoms with E-state index in [-0.39, 0.29) is 5.56 Å². The molecule has 6 heteroatoms. The van der Waals surface area contributed by atoms with Crippen LogP contribution in [0.1, 0.15) is 12.0 Å². The maximum absolute atomic E-state index is 11.6. The van der Waals surface area contributed by atoms with E-state index < -0.39 is 0 Å². The van der Waals surface area contributed by atoms with Gasteiger partial charge in [-0.15, -0.1) is 5.10 Å². The smallest absolute Gasteiger partial charge is 0.266 e. The van der Waals surface area contributed by atoms with Crippen LogP contribution in [0.15, 0.2) is 41.2 Å². The lowest BCUT2D eigenvalue weighted by Gasteiger charge is -2.08. The molecule has 0 fully saturated rings. The van der Waals surface area contributed by atoms with Crippen LogP contribution in [0, 0.1) is 0 Å². The lowest BCUT2D eigenvalue weighted by Crippen LogP contribution is -2.23. The van der Waals surface area contributed by atoms with Gasteiger partial charge >= 0.3 is 0 Å². The van der Waals surface area contributed by atoms with Crippen LogP contribution in [0.3, 0.4) is 0 Å². The van der Waals surface area contributed by atoms with Crippen molar-refractivity contribution < 1.29 is 9.47 Å². The average molecular weight is 289 g/mol. The number of aryl methyl sites for hydroxylation is 1. The summed E-state index contributed by atoms with van der Waals surface area (Å²) in [5.41, 5.74) is 6.45. The maximum atomic E-state index is 11.6. The predicted molar refractivity (Wildman–Crippen MR) is 79.5 cm³/mol. The minimum atomic E-state index is -0.152. The van der Waals surface area contributed by atoms with Gasteiger partial charge in [0.15, 0.2) is 0 Å². The largest absolute Gasteiger partial charge is 0.494 e. The van der Waals surface area contributed by atoms with Gasteiger partial charge in [0.1, 0.15) is 5.75 Å². The zero-order chi connectivity index (χ0) is 15.1. The molecule has 2 aromatic rings. The van der Waals surface area contributed by atoms with Gasteiger partial charge in [-0.3, -0.25) is 4.79 Å². The molecular weight excluding hydrogens is 270 g/mol. The summed E-state index contributed by atoms with van der Waals surface area (Å²) in [6, 6.07) is 10.6. The summed E-state index contributed by atoms with van der Waals surface area (Å²) in [6.45, 7) is 1.46.